The SMILES string of the molecule is Cc1cc(C)cc(OCc2cc(Br)cs2)c1. The van der Waals surface area contributed by atoms with E-state index >= 15 is 0 Å². The Morgan fingerprint density at radius 3 is 2.38 bits per heavy atom. The normalized spacial score (nSPS) is 10.4. The average Bonchev–Trinajstić information content (AvgIpc) is 2.60. The van der Waals surface area contributed by atoms with Gasteiger partial charge in [-0.3, -0.25) is 0 Å². The maximum absolute atomic E-state index is 5.76. The summed E-state index contributed by atoms with van der Waals surface area (Å²) in [6.45, 7) is 4.81. The van der Waals surface area contributed by atoms with Crippen LogP contribution in [0, 0.1) is 13.8 Å². The fourth-order valence-corrected chi connectivity index (χ4v) is 2.96. The molecule has 0 N–H and O–H groups in total. The van der Waals surface area contributed by atoms with Crippen LogP contribution in [0.25, 0.3) is 0 Å². The molecule has 0 radical (unpaired) electrons. The van der Waals surface area contributed by atoms with Gasteiger partial charge in [0.1, 0.15) is 12.4 Å². The van der Waals surface area contributed by atoms with Crippen LogP contribution in [0.1, 0.15) is 16.0 Å². The van der Waals surface area contributed by atoms with Gasteiger partial charge in [0, 0.05) is 14.7 Å². The third-order valence-corrected chi connectivity index (χ3v) is 3.87. The smallest absolute Gasteiger partial charge is 0.122 e. The van der Waals surface area contributed by atoms with E-state index in [1.165, 1.54) is 16.0 Å². The maximum atomic E-state index is 5.76. The van der Waals surface area contributed by atoms with Gasteiger partial charge in [-0.2, -0.15) is 0 Å². The Hall–Kier alpha value is -0.800. The minimum absolute atomic E-state index is 0.638. The molecule has 0 fully saturated rings. The molecule has 0 atom stereocenters. The van der Waals surface area contributed by atoms with E-state index in [1.807, 2.05) is 0 Å². The van der Waals surface area contributed by atoms with Crippen molar-refractivity contribution in [3.05, 3.63) is 50.1 Å². The highest BCUT2D eigenvalue weighted by Gasteiger charge is 2.00. The Balaban J connectivity index is 2.04. The summed E-state index contributed by atoms with van der Waals surface area (Å²) < 4.78 is 6.88. The lowest BCUT2D eigenvalue weighted by Crippen LogP contribution is -1.93. The molecule has 0 aliphatic heterocycles. The lowest BCUT2D eigenvalue weighted by atomic mass is 10.1. The predicted octanol–water partition coefficient (Wildman–Crippen LogP) is 4.71. The van der Waals surface area contributed by atoms with E-state index in [-0.39, 0.29) is 0 Å². The summed E-state index contributed by atoms with van der Waals surface area (Å²) >= 11 is 5.14. The standard InChI is InChI=1S/C13H13BrOS/c1-9-3-10(2)5-12(4-9)15-7-13-6-11(14)8-16-13/h3-6,8H,7H2,1-2H3. The highest BCUT2D eigenvalue weighted by atomic mass is 79.9. The maximum Gasteiger partial charge on any atom is 0.122 e. The summed E-state index contributed by atoms with van der Waals surface area (Å²) in [5, 5.41) is 2.07. The van der Waals surface area contributed by atoms with Crippen LogP contribution in [0.2, 0.25) is 0 Å². The molecule has 84 valence electrons. The van der Waals surface area contributed by atoms with Gasteiger partial charge in [0.15, 0.2) is 0 Å². The molecule has 1 nitrogen and oxygen atoms in total. The molecule has 2 rings (SSSR count). The Kier molecular flexibility index (Phi) is 3.66. The molecule has 0 aliphatic rings. The zero-order valence-corrected chi connectivity index (χ0v) is 11.7. The van der Waals surface area contributed by atoms with Crippen molar-refractivity contribution in [3.63, 3.8) is 0 Å². The Morgan fingerprint density at radius 1 is 1.12 bits per heavy atom. The van der Waals surface area contributed by atoms with Gasteiger partial charge < -0.3 is 4.74 Å². The molecule has 1 heterocycles. The Labute approximate surface area is 108 Å². The van der Waals surface area contributed by atoms with Crippen LogP contribution in [-0.4, -0.2) is 0 Å². The topological polar surface area (TPSA) is 9.23 Å². The van der Waals surface area contributed by atoms with Crippen molar-refractivity contribution in [1.29, 1.82) is 0 Å². The van der Waals surface area contributed by atoms with Crippen molar-refractivity contribution in [1.82, 2.24) is 0 Å². The van der Waals surface area contributed by atoms with Gasteiger partial charge in [0.05, 0.1) is 0 Å². The molecule has 0 saturated heterocycles. The first-order valence-electron chi connectivity index (χ1n) is 5.07. The van der Waals surface area contributed by atoms with Crippen LogP contribution in [-0.2, 0) is 6.61 Å². The molecular formula is C13H13BrOS. The van der Waals surface area contributed by atoms with E-state index in [1.54, 1.807) is 11.3 Å². The van der Waals surface area contributed by atoms with Crippen LogP contribution in [0.15, 0.2) is 34.1 Å². The van der Waals surface area contributed by atoms with Gasteiger partial charge in [-0.25, -0.2) is 0 Å². The van der Waals surface area contributed by atoms with Crippen LogP contribution in [0.5, 0.6) is 5.75 Å². The number of benzene rings is 1. The summed E-state index contributed by atoms with van der Waals surface area (Å²) in [7, 11) is 0. The lowest BCUT2D eigenvalue weighted by molar-refractivity contribution is 0.309. The molecule has 0 amide bonds. The number of aryl methyl sites for hydroxylation is 2. The minimum Gasteiger partial charge on any atom is -0.488 e. The van der Waals surface area contributed by atoms with Crippen molar-refractivity contribution in [3.8, 4) is 5.75 Å². The van der Waals surface area contributed by atoms with E-state index in [4.69, 9.17) is 4.74 Å². The first-order valence-corrected chi connectivity index (χ1v) is 6.75. The highest BCUT2D eigenvalue weighted by Crippen LogP contribution is 2.22. The van der Waals surface area contributed by atoms with E-state index in [2.05, 4.69) is 59.4 Å². The third kappa shape index (κ3) is 3.09. The summed E-state index contributed by atoms with van der Waals surface area (Å²) in [4.78, 5) is 1.23. The van der Waals surface area contributed by atoms with Crippen LogP contribution >= 0.6 is 27.3 Å². The van der Waals surface area contributed by atoms with E-state index in [0.29, 0.717) is 6.61 Å². The monoisotopic (exact) mass is 296 g/mol. The second kappa shape index (κ2) is 5.02. The molecule has 0 bridgehead atoms. The fourth-order valence-electron chi connectivity index (χ4n) is 1.60. The van der Waals surface area contributed by atoms with E-state index < -0.39 is 0 Å². The summed E-state index contributed by atoms with van der Waals surface area (Å²) in [6.07, 6.45) is 0. The van der Waals surface area contributed by atoms with Gasteiger partial charge >= 0.3 is 0 Å². The Morgan fingerprint density at radius 2 is 1.81 bits per heavy atom. The molecule has 3 heteroatoms. The third-order valence-electron chi connectivity index (χ3n) is 2.20. The highest BCUT2D eigenvalue weighted by molar-refractivity contribution is 9.10. The van der Waals surface area contributed by atoms with Crippen LogP contribution < -0.4 is 4.74 Å². The van der Waals surface area contributed by atoms with Crippen molar-refractivity contribution in [2.24, 2.45) is 0 Å². The largest absolute Gasteiger partial charge is 0.488 e. The molecule has 1 aromatic heterocycles. The van der Waals surface area contributed by atoms with Gasteiger partial charge in [-0.05, 0) is 59.1 Å². The molecular weight excluding hydrogens is 284 g/mol. The molecule has 2 aromatic rings. The van der Waals surface area contributed by atoms with Gasteiger partial charge in [0.2, 0.25) is 0 Å². The number of hydrogen-bond acceptors (Lipinski definition) is 2. The molecule has 0 aliphatic carbocycles. The quantitative estimate of drug-likeness (QED) is 0.797. The van der Waals surface area contributed by atoms with Crippen LogP contribution in [0.4, 0.5) is 0 Å². The lowest BCUT2D eigenvalue weighted by Gasteiger charge is -2.06. The molecule has 0 unspecified atom stereocenters. The van der Waals surface area contributed by atoms with Gasteiger partial charge in [-0.15, -0.1) is 11.3 Å². The molecule has 1 aromatic carbocycles. The van der Waals surface area contributed by atoms with Gasteiger partial charge in [-0.1, -0.05) is 6.07 Å². The average molecular weight is 297 g/mol. The van der Waals surface area contributed by atoms with Crippen molar-refractivity contribution in [2.45, 2.75) is 20.5 Å². The molecule has 0 saturated carbocycles. The zero-order valence-electron chi connectivity index (χ0n) is 9.29. The number of ether oxygens (including phenoxy) is 1. The summed E-state index contributed by atoms with van der Waals surface area (Å²) in [5.74, 6) is 0.946. The minimum atomic E-state index is 0.638. The first-order chi connectivity index (χ1) is 7.63. The molecule has 0 spiro atoms. The van der Waals surface area contributed by atoms with Crippen molar-refractivity contribution in [2.75, 3.05) is 0 Å². The molecule has 16 heavy (non-hydrogen) atoms. The summed E-state index contributed by atoms with van der Waals surface area (Å²) in [6, 6.07) is 8.37. The predicted molar refractivity (Wildman–Crippen MR) is 72.3 cm³/mol. The second-order valence-corrected chi connectivity index (χ2v) is 5.75. The van der Waals surface area contributed by atoms with Crippen molar-refractivity contribution >= 4 is 27.3 Å². The Bertz CT molecular complexity index is 470. The first kappa shape index (κ1) is 11.7. The van der Waals surface area contributed by atoms with Crippen molar-refractivity contribution < 1.29 is 4.74 Å². The second-order valence-electron chi connectivity index (χ2n) is 3.84. The summed E-state index contributed by atoms with van der Waals surface area (Å²) in [5.41, 5.74) is 2.48. The number of hydrogen-bond donors (Lipinski definition) is 0. The number of rotatable bonds is 3. The van der Waals surface area contributed by atoms with E-state index in [9.17, 15) is 0 Å². The van der Waals surface area contributed by atoms with Crippen LogP contribution in [0.3, 0.4) is 0 Å². The fraction of sp³-hybridized carbons (Fsp3) is 0.231. The van der Waals surface area contributed by atoms with Gasteiger partial charge in [0.25, 0.3) is 0 Å². The van der Waals surface area contributed by atoms with E-state index in [0.717, 1.165) is 10.2 Å². The number of thiophene rings is 1. The number of halogens is 1. The zero-order chi connectivity index (χ0) is 11.5.